The van der Waals surface area contributed by atoms with Gasteiger partial charge in [0.25, 0.3) is 5.78 Å². The van der Waals surface area contributed by atoms with Crippen LogP contribution in [0.15, 0.2) is 0 Å². The van der Waals surface area contributed by atoms with Crippen molar-refractivity contribution in [1.82, 2.24) is 0 Å². The van der Waals surface area contributed by atoms with Gasteiger partial charge in [0.15, 0.2) is 0 Å². The Kier molecular flexibility index (Phi) is 4.86. The Balaban J connectivity index is 2.74. The second-order valence-corrected chi connectivity index (χ2v) is 3.99. The molecule has 5 heteroatoms. The first kappa shape index (κ1) is 12.6. The molecule has 1 saturated carbocycles. The molecule has 0 aliphatic heterocycles. The first-order chi connectivity index (χ1) is 7.70. The Bertz CT molecular complexity index is 324. The van der Waals surface area contributed by atoms with Crippen LogP contribution in [0.5, 0.6) is 0 Å². The number of carbonyl (C=O) groups excluding carboxylic acids is 2. The van der Waals surface area contributed by atoms with Gasteiger partial charge in [-0.3, -0.25) is 4.79 Å². The monoisotopic (exact) mass is 224 g/mol. The molecule has 88 valence electrons. The molecule has 0 N–H and O–H groups in total. The minimum atomic E-state index is -0.864. The van der Waals surface area contributed by atoms with E-state index < -0.39 is 17.5 Å². The molecule has 0 aromatic rings. The van der Waals surface area contributed by atoms with Crippen LogP contribution in [0, 0.1) is 5.92 Å². The van der Waals surface area contributed by atoms with E-state index in [0.717, 1.165) is 45.6 Å². The van der Waals surface area contributed by atoms with E-state index in [-0.39, 0.29) is 5.92 Å². The predicted molar refractivity (Wildman–Crippen MR) is 56.8 cm³/mol. The van der Waals surface area contributed by atoms with E-state index in [9.17, 15) is 9.59 Å². The maximum Gasteiger partial charge on any atom is 0.441 e. The molecule has 0 atom stereocenters. The fourth-order valence-corrected chi connectivity index (χ4v) is 2.02. The zero-order chi connectivity index (χ0) is 12.0. The Morgan fingerprint density at radius 2 is 1.75 bits per heavy atom. The third-order valence-corrected chi connectivity index (χ3v) is 2.94. The Morgan fingerprint density at radius 3 is 2.19 bits per heavy atom. The lowest BCUT2D eigenvalue weighted by atomic mass is 9.93. The molecule has 0 bridgehead atoms. The van der Waals surface area contributed by atoms with Crippen LogP contribution in [0.2, 0.25) is 0 Å². The molecule has 0 amide bonds. The normalized spacial score (nSPS) is 17.1. The standard InChI is InChI=1S/C11H16N2O3/c1-16-11(15)9(13-12)10(14)8-6-4-2-3-5-7-8/h8H,2-7H2,1H3. The number of carbonyl (C=O) groups is 2. The lowest BCUT2D eigenvalue weighted by Gasteiger charge is -2.08. The second kappa shape index (κ2) is 6.18. The van der Waals surface area contributed by atoms with E-state index in [1.54, 1.807) is 0 Å². The molecule has 16 heavy (non-hydrogen) atoms. The van der Waals surface area contributed by atoms with E-state index in [1.165, 1.54) is 0 Å². The van der Waals surface area contributed by atoms with Gasteiger partial charge in [-0.05, 0) is 12.8 Å². The smallest absolute Gasteiger partial charge is 0.441 e. The highest BCUT2D eigenvalue weighted by Gasteiger charge is 2.36. The molecular weight excluding hydrogens is 208 g/mol. The van der Waals surface area contributed by atoms with Crippen molar-refractivity contribution in [1.29, 1.82) is 0 Å². The highest BCUT2D eigenvalue weighted by molar-refractivity contribution is 6.62. The van der Waals surface area contributed by atoms with Crippen molar-refractivity contribution in [2.24, 2.45) is 5.92 Å². The van der Waals surface area contributed by atoms with E-state index in [4.69, 9.17) is 5.53 Å². The molecule has 1 aliphatic carbocycles. The first-order valence-corrected chi connectivity index (χ1v) is 5.55. The summed E-state index contributed by atoms with van der Waals surface area (Å²) in [7, 11) is 1.16. The predicted octanol–water partition coefficient (Wildman–Crippen LogP) is 1.37. The van der Waals surface area contributed by atoms with Crippen molar-refractivity contribution in [2.45, 2.75) is 38.5 Å². The van der Waals surface area contributed by atoms with Crippen LogP contribution in [0.4, 0.5) is 0 Å². The molecule has 0 radical (unpaired) electrons. The molecule has 0 spiro atoms. The van der Waals surface area contributed by atoms with Crippen LogP contribution in [0.1, 0.15) is 38.5 Å². The maximum absolute atomic E-state index is 11.9. The van der Waals surface area contributed by atoms with E-state index >= 15 is 0 Å². The zero-order valence-corrected chi connectivity index (χ0v) is 9.44. The maximum atomic E-state index is 11.9. The fourth-order valence-electron chi connectivity index (χ4n) is 2.02. The quantitative estimate of drug-likeness (QED) is 0.181. The minimum Gasteiger partial charge on any atom is -0.460 e. The van der Waals surface area contributed by atoms with Crippen molar-refractivity contribution in [3.05, 3.63) is 5.53 Å². The van der Waals surface area contributed by atoms with Gasteiger partial charge in [0.1, 0.15) is 0 Å². The molecule has 5 nitrogen and oxygen atoms in total. The van der Waals surface area contributed by atoms with Gasteiger partial charge in [-0.2, -0.15) is 4.79 Å². The molecule has 0 heterocycles. The van der Waals surface area contributed by atoms with Crippen LogP contribution >= 0.6 is 0 Å². The third kappa shape index (κ3) is 3.00. The van der Waals surface area contributed by atoms with Crippen molar-refractivity contribution in [2.75, 3.05) is 7.11 Å². The number of nitrogens with zero attached hydrogens (tertiary/aromatic N) is 2. The topological polar surface area (TPSA) is 79.8 Å². The molecule has 0 saturated heterocycles. The number of Topliss-reactive ketones (excluding diaryl/α,β-unsaturated/α-hetero) is 1. The number of hydrogen-bond donors (Lipinski definition) is 0. The SMILES string of the molecule is COC(=O)C(=[N+]=[N-])C(=O)C1CCCCCC1. The lowest BCUT2D eigenvalue weighted by molar-refractivity contribution is -0.140. The van der Waals surface area contributed by atoms with Crippen LogP contribution < -0.4 is 0 Å². The number of methoxy groups -OCH3 is 1. The number of hydrogen-bond acceptors (Lipinski definition) is 3. The number of rotatable bonds is 3. The van der Waals surface area contributed by atoms with Crippen molar-refractivity contribution < 1.29 is 19.1 Å². The molecule has 0 unspecified atom stereocenters. The van der Waals surface area contributed by atoms with Crippen LogP contribution in [0.3, 0.4) is 0 Å². The van der Waals surface area contributed by atoms with Gasteiger partial charge in [0.05, 0.1) is 7.11 Å². The Morgan fingerprint density at radius 1 is 1.19 bits per heavy atom. The van der Waals surface area contributed by atoms with Gasteiger partial charge in [0, 0.05) is 5.92 Å². The summed E-state index contributed by atoms with van der Waals surface area (Å²) in [6.45, 7) is 0. The van der Waals surface area contributed by atoms with Crippen molar-refractivity contribution >= 4 is 17.5 Å². The highest BCUT2D eigenvalue weighted by atomic mass is 16.5. The number of ether oxygens (including phenoxy) is 1. The molecular formula is C11H16N2O3. The first-order valence-electron chi connectivity index (χ1n) is 5.55. The molecule has 0 aromatic heterocycles. The summed E-state index contributed by atoms with van der Waals surface area (Å²) >= 11 is 0. The molecule has 1 fully saturated rings. The lowest BCUT2D eigenvalue weighted by Crippen LogP contribution is -2.32. The number of ketones is 1. The van der Waals surface area contributed by atoms with Gasteiger partial charge in [0.2, 0.25) is 0 Å². The summed E-state index contributed by atoms with van der Waals surface area (Å²) in [5.74, 6) is -1.46. The van der Waals surface area contributed by atoms with Gasteiger partial charge < -0.3 is 10.3 Å². The van der Waals surface area contributed by atoms with Crippen LogP contribution in [-0.4, -0.2) is 29.4 Å². The summed E-state index contributed by atoms with van der Waals surface area (Å²) in [5, 5.41) is 0. The van der Waals surface area contributed by atoms with Crippen molar-refractivity contribution in [3.63, 3.8) is 0 Å². The van der Waals surface area contributed by atoms with E-state index in [1.807, 2.05) is 0 Å². The summed E-state index contributed by atoms with van der Waals surface area (Å²) in [5.41, 5.74) is 8.19. The Labute approximate surface area is 94.4 Å². The molecule has 1 rings (SSSR count). The zero-order valence-electron chi connectivity index (χ0n) is 9.44. The van der Waals surface area contributed by atoms with Gasteiger partial charge >= 0.3 is 11.7 Å². The summed E-state index contributed by atoms with van der Waals surface area (Å²) < 4.78 is 4.40. The molecule has 0 aromatic carbocycles. The Hall–Kier alpha value is -1.48. The third-order valence-electron chi connectivity index (χ3n) is 2.94. The summed E-state index contributed by atoms with van der Waals surface area (Å²) in [6.07, 6.45) is 5.72. The van der Waals surface area contributed by atoms with E-state index in [0.29, 0.717) is 0 Å². The summed E-state index contributed by atoms with van der Waals surface area (Å²) in [4.78, 5) is 25.8. The average molecular weight is 224 g/mol. The fraction of sp³-hybridized carbons (Fsp3) is 0.727. The minimum absolute atomic E-state index is 0.201. The molecule has 1 aliphatic rings. The second-order valence-electron chi connectivity index (χ2n) is 3.99. The van der Waals surface area contributed by atoms with Crippen LogP contribution in [0.25, 0.3) is 5.53 Å². The van der Waals surface area contributed by atoms with Crippen molar-refractivity contribution in [3.8, 4) is 0 Å². The highest BCUT2D eigenvalue weighted by Crippen LogP contribution is 2.23. The number of esters is 1. The largest absolute Gasteiger partial charge is 0.460 e. The van der Waals surface area contributed by atoms with Gasteiger partial charge in [-0.1, -0.05) is 25.7 Å². The van der Waals surface area contributed by atoms with Crippen LogP contribution in [-0.2, 0) is 14.3 Å². The summed E-state index contributed by atoms with van der Waals surface area (Å²) in [6, 6.07) is 0. The van der Waals surface area contributed by atoms with Gasteiger partial charge in [-0.15, -0.1) is 0 Å². The van der Waals surface area contributed by atoms with E-state index in [2.05, 4.69) is 9.53 Å². The van der Waals surface area contributed by atoms with Gasteiger partial charge in [-0.25, -0.2) is 4.79 Å². The average Bonchev–Trinajstić information content (AvgIpc) is 2.58.